The van der Waals surface area contributed by atoms with E-state index in [1.165, 1.54) is 24.3 Å². The molecule has 154 valence electrons. The van der Waals surface area contributed by atoms with E-state index in [-0.39, 0.29) is 23.5 Å². The summed E-state index contributed by atoms with van der Waals surface area (Å²) in [6, 6.07) is 7.36. The molecule has 0 radical (unpaired) electrons. The number of anilines is 3. The van der Waals surface area contributed by atoms with Crippen molar-refractivity contribution >= 4 is 28.6 Å². The van der Waals surface area contributed by atoms with Crippen LogP contribution in [0.25, 0.3) is 17.0 Å². The van der Waals surface area contributed by atoms with Gasteiger partial charge in [-0.3, -0.25) is 4.57 Å². The Kier molecular flexibility index (Phi) is 4.82. The molecule has 0 fully saturated rings. The number of imidazole rings is 1. The molecular weight excluding hydrogens is 406 g/mol. The van der Waals surface area contributed by atoms with Gasteiger partial charge in [-0.15, -0.1) is 0 Å². The van der Waals surface area contributed by atoms with E-state index >= 15 is 0 Å². The third-order valence-corrected chi connectivity index (χ3v) is 4.03. The van der Waals surface area contributed by atoms with Crippen LogP contribution in [0, 0.1) is 18.6 Å². The Morgan fingerprint density at radius 2 is 1.83 bits per heavy atom. The van der Waals surface area contributed by atoms with Gasteiger partial charge in [0, 0.05) is 17.8 Å². The lowest BCUT2D eigenvalue weighted by atomic mass is 10.3. The molecule has 0 unspecified atom stereocenters. The van der Waals surface area contributed by atoms with Crippen LogP contribution >= 0.6 is 0 Å². The summed E-state index contributed by atoms with van der Waals surface area (Å²) in [5.41, 5.74) is 6.89. The van der Waals surface area contributed by atoms with Crippen LogP contribution in [0.15, 0.2) is 36.4 Å². The van der Waals surface area contributed by atoms with E-state index < -0.39 is 24.0 Å². The molecule has 8 nitrogen and oxygen atoms in total. The summed E-state index contributed by atoms with van der Waals surface area (Å²) < 4.78 is 57.6. The van der Waals surface area contributed by atoms with Crippen molar-refractivity contribution in [2.45, 2.75) is 13.5 Å². The molecule has 4 rings (SSSR count). The Balaban J connectivity index is 1.70. The summed E-state index contributed by atoms with van der Waals surface area (Å²) in [6.07, 6.45) is 0. The third kappa shape index (κ3) is 3.79. The summed E-state index contributed by atoms with van der Waals surface area (Å²) in [7, 11) is 0. The van der Waals surface area contributed by atoms with Crippen LogP contribution in [0.4, 0.5) is 35.1 Å². The van der Waals surface area contributed by atoms with Crippen LogP contribution in [0.2, 0.25) is 0 Å². The number of nitrogens with one attached hydrogen (secondary N) is 1. The second-order valence-corrected chi connectivity index (χ2v) is 6.09. The molecule has 0 bridgehead atoms. The molecule has 0 saturated heterocycles. The minimum Gasteiger partial charge on any atom is -0.432 e. The Morgan fingerprint density at radius 3 is 2.57 bits per heavy atom. The fourth-order valence-electron chi connectivity index (χ4n) is 2.86. The molecule has 2 aromatic heterocycles. The number of nitrogen functional groups attached to an aromatic ring is 1. The highest BCUT2D eigenvalue weighted by Gasteiger charge is 2.15. The maximum Gasteiger partial charge on any atom is 0.387 e. The first-order chi connectivity index (χ1) is 14.3. The number of hydrogen-bond donors (Lipinski definition) is 2. The highest BCUT2D eigenvalue weighted by Crippen LogP contribution is 2.25. The van der Waals surface area contributed by atoms with E-state index in [4.69, 9.17) is 5.73 Å². The Labute approximate surface area is 166 Å². The SMILES string of the molecule is Cc1nc2cc(F)ccc2n1-c1nc(N)nc(Nc2ccc(OC(F)F)c(F)c2)n1. The molecular formula is C18H13F4N7O. The van der Waals surface area contributed by atoms with E-state index in [2.05, 4.69) is 30.0 Å². The van der Waals surface area contributed by atoms with Crippen molar-refractivity contribution in [1.29, 1.82) is 0 Å². The molecule has 30 heavy (non-hydrogen) atoms. The van der Waals surface area contributed by atoms with E-state index in [0.29, 0.717) is 16.9 Å². The summed E-state index contributed by atoms with van der Waals surface area (Å²) in [5, 5.41) is 2.73. The van der Waals surface area contributed by atoms with Crippen molar-refractivity contribution in [2.75, 3.05) is 11.1 Å². The average Bonchev–Trinajstić information content (AvgIpc) is 2.98. The monoisotopic (exact) mass is 419 g/mol. The zero-order valence-electron chi connectivity index (χ0n) is 15.3. The standard InChI is InChI=1S/C18H13F4N7O/c1-8-24-12-6-9(19)2-4-13(12)29(8)18-27-16(23)26-17(28-18)25-10-3-5-14(11(20)7-10)30-15(21)22/h2-7,15H,1H3,(H3,23,25,26,27,28). The molecule has 4 aromatic rings. The fraction of sp³-hybridized carbons (Fsp3) is 0.111. The van der Waals surface area contributed by atoms with Crippen molar-refractivity contribution < 1.29 is 22.3 Å². The van der Waals surface area contributed by atoms with E-state index in [0.717, 1.165) is 12.1 Å². The molecule has 0 spiro atoms. The van der Waals surface area contributed by atoms with Gasteiger partial charge in [0.05, 0.1) is 11.0 Å². The van der Waals surface area contributed by atoms with Gasteiger partial charge in [0.2, 0.25) is 17.8 Å². The highest BCUT2D eigenvalue weighted by atomic mass is 19.3. The van der Waals surface area contributed by atoms with Crippen molar-refractivity contribution in [1.82, 2.24) is 24.5 Å². The predicted octanol–water partition coefficient (Wildman–Crippen LogP) is 3.72. The fourth-order valence-corrected chi connectivity index (χ4v) is 2.86. The number of fused-ring (bicyclic) bond motifs is 1. The molecule has 0 saturated carbocycles. The zero-order valence-corrected chi connectivity index (χ0v) is 15.3. The number of nitrogens with two attached hydrogens (primary N) is 1. The van der Waals surface area contributed by atoms with Crippen LogP contribution < -0.4 is 15.8 Å². The number of aryl methyl sites for hydroxylation is 1. The number of nitrogens with zero attached hydrogens (tertiary/aromatic N) is 5. The predicted molar refractivity (Wildman–Crippen MR) is 99.9 cm³/mol. The number of ether oxygens (including phenoxy) is 1. The van der Waals surface area contributed by atoms with Gasteiger partial charge in [0.15, 0.2) is 11.6 Å². The Hall–Kier alpha value is -3.96. The first kappa shape index (κ1) is 19.4. The quantitative estimate of drug-likeness (QED) is 0.475. The highest BCUT2D eigenvalue weighted by molar-refractivity contribution is 5.77. The smallest absolute Gasteiger partial charge is 0.387 e. The largest absolute Gasteiger partial charge is 0.432 e. The number of rotatable bonds is 5. The minimum atomic E-state index is -3.15. The third-order valence-electron chi connectivity index (χ3n) is 4.03. The number of halogens is 4. The summed E-state index contributed by atoms with van der Waals surface area (Å²) in [5.74, 6) is -1.61. The maximum absolute atomic E-state index is 13.9. The molecule has 3 N–H and O–H groups in total. The van der Waals surface area contributed by atoms with Crippen molar-refractivity contribution in [2.24, 2.45) is 0 Å². The van der Waals surface area contributed by atoms with Gasteiger partial charge < -0.3 is 15.8 Å². The van der Waals surface area contributed by atoms with Gasteiger partial charge in [-0.25, -0.2) is 13.8 Å². The number of aromatic nitrogens is 5. The van der Waals surface area contributed by atoms with Crippen LogP contribution in [0.1, 0.15) is 5.82 Å². The number of benzene rings is 2. The first-order valence-corrected chi connectivity index (χ1v) is 8.48. The van der Waals surface area contributed by atoms with Crippen LogP contribution in [-0.2, 0) is 0 Å². The van der Waals surface area contributed by atoms with E-state index in [1.54, 1.807) is 11.5 Å². The van der Waals surface area contributed by atoms with Crippen molar-refractivity contribution in [3.05, 3.63) is 53.9 Å². The van der Waals surface area contributed by atoms with Gasteiger partial charge in [-0.2, -0.15) is 23.7 Å². The van der Waals surface area contributed by atoms with Crippen LogP contribution in [0.3, 0.4) is 0 Å². The molecule has 0 amide bonds. The van der Waals surface area contributed by atoms with Crippen LogP contribution in [0.5, 0.6) is 5.75 Å². The first-order valence-electron chi connectivity index (χ1n) is 8.48. The van der Waals surface area contributed by atoms with Gasteiger partial charge in [-0.05, 0) is 31.2 Å². The average molecular weight is 419 g/mol. The Morgan fingerprint density at radius 1 is 1.03 bits per heavy atom. The summed E-state index contributed by atoms with van der Waals surface area (Å²) in [4.78, 5) is 16.5. The van der Waals surface area contributed by atoms with Crippen molar-refractivity contribution in [3.63, 3.8) is 0 Å². The lowest BCUT2D eigenvalue weighted by molar-refractivity contribution is -0.0521. The maximum atomic E-state index is 13.9. The molecule has 0 aliphatic carbocycles. The second-order valence-electron chi connectivity index (χ2n) is 6.09. The van der Waals surface area contributed by atoms with Crippen molar-refractivity contribution in [3.8, 4) is 11.7 Å². The normalized spacial score (nSPS) is 11.3. The second kappa shape index (κ2) is 7.46. The number of alkyl halides is 2. The lowest BCUT2D eigenvalue weighted by Gasteiger charge is -2.11. The van der Waals surface area contributed by atoms with Gasteiger partial charge in [-0.1, -0.05) is 0 Å². The van der Waals surface area contributed by atoms with Gasteiger partial charge in [0.25, 0.3) is 0 Å². The molecule has 2 heterocycles. The van der Waals surface area contributed by atoms with Crippen LogP contribution in [-0.4, -0.2) is 31.1 Å². The lowest BCUT2D eigenvalue weighted by Crippen LogP contribution is -2.10. The van der Waals surface area contributed by atoms with E-state index in [9.17, 15) is 17.6 Å². The number of hydrogen-bond acceptors (Lipinski definition) is 7. The Bertz CT molecular complexity index is 1240. The topological polar surface area (TPSA) is 104 Å². The summed E-state index contributed by atoms with van der Waals surface area (Å²) in [6.45, 7) is -1.46. The zero-order chi connectivity index (χ0) is 21.4. The van der Waals surface area contributed by atoms with Gasteiger partial charge in [0.1, 0.15) is 11.6 Å². The summed E-state index contributed by atoms with van der Waals surface area (Å²) >= 11 is 0. The minimum absolute atomic E-state index is 0.0252. The molecule has 12 heteroatoms. The molecule has 0 aliphatic rings. The molecule has 0 aliphatic heterocycles. The van der Waals surface area contributed by atoms with Gasteiger partial charge >= 0.3 is 6.61 Å². The molecule has 2 aromatic carbocycles. The van der Waals surface area contributed by atoms with E-state index in [1.807, 2.05) is 0 Å². The molecule has 0 atom stereocenters.